The van der Waals surface area contributed by atoms with Crippen LogP contribution < -0.4 is 0 Å². The van der Waals surface area contributed by atoms with E-state index in [0.29, 0.717) is 0 Å². The topological polar surface area (TPSA) is 33.2 Å². The van der Waals surface area contributed by atoms with E-state index in [-0.39, 0.29) is 15.9 Å². The van der Waals surface area contributed by atoms with Crippen LogP contribution in [0.15, 0.2) is 12.1 Å². The van der Waals surface area contributed by atoms with Crippen molar-refractivity contribution in [3.8, 4) is 0 Å². The number of amides is 1. The molecule has 0 spiro atoms. The van der Waals surface area contributed by atoms with Gasteiger partial charge in [0, 0.05) is 19.2 Å². The first-order valence-electron chi connectivity index (χ1n) is 4.84. The molecule has 1 amide bonds. The number of carbonyl (C=O) groups excluding carboxylic acids is 1. The number of aromatic nitrogens is 1. The van der Waals surface area contributed by atoms with E-state index < -0.39 is 25.0 Å². The van der Waals surface area contributed by atoms with Crippen molar-refractivity contribution in [3.63, 3.8) is 0 Å². The molecule has 0 aliphatic carbocycles. The van der Waals surface area contributed by atoms with Gasteiger partial charge < -0.3 is 4.90 Å². The second-order valence-corrected chi connectivity index (χ2v) is 4.37. The molecule has 1 rings (SSSR count). The smallest absolute Gasteiger partial charge is 0.341 e. The normalized spacial score (nSPS) is 11.4. The van der Waals surface area contributed by atoms with E-state index in [1.807, 2.05) is 0 Å². The molecule has 0 saturated heterocycles. The Morgan fingerprint density at radius 1 is 1.33 bits per heavy atom. The quantitative estimate of drug-likeness (QED) is 0.802. The highest BCUT2D eigenvalue weighted by Gasteiger charge is 2.28. The molecule has 1 aromatic heterocycles. The minimum absolute atomic E-state index is 0.00933. The maximum absolute atomic E-state index is 12.0. The number of pyridine rings is 1. The molecule has 0 unspecified atom stereocenters. The molecule has 0 fully saturated rings. The maximum atomic E-state index is 12.0. The van der Waals surface area contributed by atoms with Gasteiger partial charge in [0.25, 0.3) is 5.91 Å². The summed E-state index contributed by atoms with van der Waals surface area (Å²) in [5.41, 5.74) is 0.102. The summed E-state index contributed by atoms with van der Waals surface area (Å²) >= 11 is 11.2. The maximum Gasteiger partial charge on any atom is 0.390 e. The summed E-state index contributed by atoms with van der Waals surface area (Å²) in [6, 6.07) is 2.50. The number of carbonyl (C=O) groups is 1. The van der Waals surface area contributed by atoms with Gasteiger partial charge in [-0.1, -0.05) is 23.2 Å². The highest BCUT2D eigenvalue weighted by atomic mass is 35.5. The number of rotatable bonds is 3. The van der Waals surface area contributed by atoms with Crippen molar-refractivity contribution in [1.29, 1.82) is 0 Å². The van der Waals surface area contributed by atoms with Crippen molar-refractivity contribution in [2.24, 2.45) is 0 Å². The first-order chi connectivity index (χ1) is 8.19. The van der Waals surface area contributed by atoms with E-state index in [4.69, 9.17) is 23.2 Å². The summed E-state index contributed by atoms with van der Waals surface area (Å²) in [4.78, 5) is 16.4. The van der Waals surface area contributed by atoms with Crippen LogP contribution in [0.1, 0.15) is 16.8 Å². The molecule has 3 nitrogen and oxygen atoms in total. The minimum atomic E-state index is -4.30. The third-order valence-corrected chi connectivity index (χ3v) is 2.47. The minimum Gasteiger partial charge on any atom is -0.341 e. The number of hydrogen-bond acceptors (Lipinski definition) is 2. The van der Waals surface area contributed by atoms with Gasteiger partial charge in [0.1, 0.15) is 10.3 Å². The monoisotopic (exact) mass is 300 g/mol. The largest absolute Gasteiger partial charge is 0.390 e. The molecule has 0 aliphatic heterocycles. The van der Waals surface area contributed by atoms with Crippen LogP contribution in [0.3, 0.4) is 0 Å². The average molecular weight is 301 g/mol. The molecule has 0 saturated carbocycles. The van der Waals surface area contributed by atoms with Crippen LogP contribution in [0.5, 0.6) is 0 Å². The summed E-state index contributed by atoms with van der Waals surface area (Å²) in [6.45, 7) is -0.431. The van der Waals surface area contributed by atoms with Crippen LogP contribution in [-0.2, 0) is 0 Å². The zero-order chi connectivity index (χ0) is 13.9. The highest BCUT2D eigenvalue weighted by Crippen LogP contribution is 2.20. The van der Waals surface area contributed by atoms with Crippen molar-refractivity contribution < 1.29 is 18.0 Å². The van der Waals surface area contributed by atoms with Crippen molar-refractivity contribution in [2.75, 3.05) is 13.6 Å². The molecule has 0 aromatic carbocycles. The van der Waals surface area contributed by atoms with Crippen LogP contribution in [0.4, 0.5) is 13.2 Å². The molecule has 1 heterocycles. The summed E-state index contributed by atoms with van der Waals surface area (Å²) in [5, 5.41) is 0.0187. The lowest BCUT2D eigenvalue weighted by atomic mass is 10.2. The van der Waals surface area contributed by atoms with Gasteiger partial charge >= 0.3 is 6.18 Å². The van der Waals surface area contributed by atoms with Gasteiger partial charge in [0.2, 0.25) is 0 Å². The van der Waals surface area contributed by atoms with Crippen LogP contribution in [-0.4, -0.2) is 35.6 Å². The lowest BCUT2D eigenvalue weighted by Gasteiger charge is -2.18. The van der Waals surface area contributed by atoms with E-state index in [2.05, 4.69) is 4.98 Å². The predicted octanol–water partition coefficient (Wildman–Crippen LogP) is 3.41. The van der Waals surface area contributed by atoms with Gasteiger partial charge in [-0.15, -0.1) is 0 Å². The number of hydrogen-bond donors (Lipinski definition) is 0. The fourth-order valence-electron chi connectivity index (χ4n) is 1.20. The van der Waals surface area contributed by atoms with Crippen molar-refractivity contribution in [3.05, 3.63) is 28.0 Å². The van der Waals surface area contributed by atoms with Gasteiger partial charge in [0.15, 0.2) is 0 Å². The average Bonchev–Trinajstić information content (AvgIpc) is 2.22. The standard InChI is InChI=1S/C10H9Cl2F3N2O/c1-17(3-2-10(13,14)15)9(18)6-4-7(11)16-8(12)5-6/h4-5H,2-3H2,1H3. The van der Waals surface area contributed by atoms with Crippen LogP contribution >= 0.6 is 23.2 Å². The molecule has 0 aliphatic rings. The van der Waals surface area contributed by atoms with Crippen LogP contribution in [0.2, 0.25) is 10.3 Å². The third kappa shape index (κ3) is 4.70. The Hall–Kier alpha value is -1.01. The zero-order valence-electron chi connectivity index (χ0n) is 9.26. The lowest BCUT2D eigenvalue weighted by molar-refractivity contribution is -0.136. The number of nitrogens with zero attached hydrogens (tertiary/aromatic N) is 2. The molecule has 0 N–H and O–H groups in total. The van der Waals surface area contributed by atoms with E-state index in [1.54, 1.807) is 0 Å². The molecule has 18 heavy (non-hydrogen) atoms. The zero-order valence-corrected chi connectivity index (χ0v) is 10.8. The number of alkyl halides is 3. The van der Waals surface area contributed by atoms with Crippen molar-refractivity contribution >= 4 is 29.1 Å². The lowest BCUT2D eigenvalue weighted by Crippen LogP contribution is -2.30. The third-order valence-electron chi connectivity index (χ3n) is 2.09. The van der Waals surface area contributed by atoms with Gasteiger partial charge in [-0.25, -0.2) is 4.98 Å². The molecule has 0 atom stereocenters. The SMILES string of the molecule is CN(CCC(F)(F)F)C(=O)c1cc(Cl)nc(Cl)c1. The molecule has 100 valence electrons. The van der Waals surface area contributed by atoms with Gasteiger partial charge in [-0.2, -0.15) is 13.2 Å². The van der Waals surface area contributed by atoms with Crippen molar-refractivity contribution in [2.45, 2.75) is 12.6 Å². The number of halogens is 5. The van der Waals surface area contributed by atoms with Crippen LogP contribution in [0, 0.1) is 0 Å². The van der Waals surface area contributed by atoms with E-state index in [9.17, 15) is 18.0 Å². The second-order valence-electron chi connectivity index (χ2n) is 3.59. The summed E-state index contributed by atoms with van der Waals surface area (Å²) in [5.74, 6) is -0.592. The Kier molecular flexibility index (Phi) is 4.81. The second kappa shape index (κ2) is 5.75. The Balaban J connectivity index is 2.74. The summed E-state index contributed by atoms with van der Waals surface area (Å²) < 4.78 is 36.1. The molecular weight excluding hydrogens is 292 g/mol. The van der Waals surface area contributed by atoms with Gasteiger partial charge in [-0.3, -0.25) is 4.79 Å². The Morgan fingerprint density at radius 3 is 2.28 bits per heavy atom. The summed E-state index contributed by atoms with van der Waals surface area (Å²) in [7, 11) is 1.27. The van der Waals surface area contributed by atoms with Gasteiger partial charge in [-0.05, 0) is 12.1 Å². The molecule has 1 aromatic rings. The predicted molar refractivity (Wildman–Crippen MR) is 61.9 cm³/mol. The van der Waals surface area contributed by atoms with Crippen LogP contribution in [0.25, 0.3) is 0 Å². The van der Waals surface area contributed by atoms with Crippen molar-refractivity contribution in [1.82, 2.24) is 9.88 Å². The molecule has 8 heteroatoms. The highest BCUT2D eigenvalue weighted by molar-refractivity contribution is 6.33. The molecular formula is C10H9Cl2F3N2O. The fraction of sp³-hybridized carbons (Fsp3) is 0.400. The van der Waals surface area contributed by atoms with E-state index >= 15 is 0 Å². The first-order valence-corrected chi connectivity index (χ1v) is 5.60. The fourth-order valence-corrected chi connectivity index (χ4v) is 1.67. The van der Waals surface area contributed by atoms with Gasteiger partial charge in [0.05, 0.1) is 6.42 Å². The van der Waals surface area contributed by atoms with E-state index in [0.717, 1.165) is 4.90 Å². The molecule has 0 bridgehead atoms. The summed E-state index contributed by atoms with van der Waals surface area (Å²) in [6.07, 6.45) is -5.37. The van der Waals surface area contributed by atoms with E-state index in [1.165, 1.54) is 19.2 Å². The Bertz CT molecular complexity index is 431. The Labute approximate surface area is 112 Å². The Morgan fingerprint density at radius 2 is 1.83 bits per heavy atom. The first kappa shape index (κ1) is 15.0. The molecule has 0 radical (unpaired) electrons.